The van der Waals surface area contributed by atoms with Crippen LogP contribution in [0.3, 0.4) is 0 Å². The van der Waals surface area contributed by atoms with Crippen LogP contribution in [0.15, 0.2) is 58.5 Å². The maximum atomic E-state index is 13.6. The van der Waals surface area contributed by atoms with Crippen LogP contribution >= 0.6 is 0 Å². The largest absolute Gasteiger partial charge is 0.506 e. The fraction of sp³-hybridized carbons (Fsp3) is 0.500. The summed E-state index contributed by atoms with van der Waals surface area (Å²) in [5.74, 6) is -0.857. The first-order chi connectivity index (χ1) is 22.9. The summed E-state index contributed by atoms with van der Waals surface area (Å²) in [5.41, 5.74) is -1.46. The molecule has 14 nitrogen and oxygen atoms in total. The lowest BCUT2D eigenvalue weighted by atomic mass is 9.88. The van der Waals surface area contributed by atoms with E-state index in [0.717, 1.165) is 18.3 Å². The number of aromatic nitrogens is 1. The molecule has 2 aromatic carbocycles. The number of piperidine rings is 1. The normalized spacial score (nSPS) is 19.2. The number of aliphatic hydroxyl groups is 1. The second-order valence-electron chi connectivity index (χ2n) is 13.2. The van der Waals surface area contributed by atoms with Crippen LogP contribution in [0, 0.1) is 5.82 Å². The number of nitrogens with one attached hydrogen (secondary N) is 1. The summed E-state index contributed by atoms with van der Waals surface area (Å²) >= 11 is 0. The van der Waals surface area contributed by atoms with Crippen molar-refractivity contribution < 1.29 is 50.4 Å². The van der Waals surface area contributed by atoms with Gasteiger partial charge in [-0.15, -0.1) is 0 Å². The molecule has 2 saturated heterocycles. The van der Waals surface area contributed by atoms with Crippen molar-refractivity contribution in [2.45, 2.75) is 73.2 Å². The van der Waals surface area contributed by atoms with Gasteiger partial charge in [-0.1, -0.05) is 6.07 Å². The lowest BCUT2D eigenvalue weighted by molar-refractivity contribution is -0.0329. The van der Waals surface area contributed by atoms with E-state index in [1.807, 2.05) is 0 Å². The number of nitrogens with zero attached hydrogens (tertiary/aromatic N) is 3. The van der Waals surface area contributed by atoms with Crippen LogP contribution in [0.2, 0.25) is 0 Å². The molecule has 0 saturated carbocycles. The predicted molar refractivity (Wildman–Crippen MR) is 176 cm³/mol. The highest BCUT2D eigenvalue weighted by molar-refractivity contribution is 7.89. The van der Waals surface area contributed by atoms with Crippen molar-refractivity contribution in [3.8, 4) is 11.5 Å². The second kappa shape index (κ2) is 14.0. The Labute approximate surface area is 284 Å². The SMILES string of the molecule is CNS(=O)(=O)c1cccc(OC[C@@H](O)CN(C(=O)OC(C)(C)C)[C@H]2COC3(CCN(S(=O)(=O)c4cnc5cc(F)ccc5c4O)CC3)C2)c1. The molecule has 0 radical (unpaired) electrons. The molecule has 5 rings (SSSR count). The first kappa shape index (κ1) is 36.7. The minimum Gasteiger partial charge on any atom is -0.506 e. The molecule has 1 amide bonds. The maximum Gasteiger partial charge on any atom is 0.410 e. The van der Waals surface area contributed by atoms with Gasteiger partial charge in [-0.2, -0.15) is 4.31 Å². The van der Waals surface area contributed by atoms with Crippen molar-refractivity contribution in [2.75, 3.05) is 39.9 Å². The van der Waals surface area contributed by atoms with Gasteiger partial charge < -0.3 is 29.3 Å². The fourth-order valence-electron chi connectivity index (χ4n) is 5.98. The molecule has 0 aliphatic carbocycles. The number of carbonyl (C=O) groups excluding carboxylic acids is 1. The molecule has 2 aliphatic rings. The maximum absolute atomic E-state index is 13.6. The van der Waals surface area contributed by atoms with E-state index in [9.17, 15) is 36.2 Å². The highest BCUT2D eigenvalue weighted by Gasteiger charge is 2.48. The first-order valence-corrected chi connectivity index (χ1v) is 18.6. The van der Waals surface area contributed by atoms with Crippen LogP contribution in [0.25, 0.3) is 10.9 Å². The average molecular weight is 725 g/mol. The van der Waals surface area contributed by atoms with Crippen LogP contribution in [0.5, 0.6) is 11.5 Å². The molecule has 268 valence electrons. The standard InChI is InChI=1S/C32H41FN4O10S2/c1-31(2,3)47-30(40)37(18-23(38)20-45-24-6-5-7-25(15-24)48(41,42)34-4)22-16-32(46-19-22)10-12-36(13-11-32)49(43,44)28-17-35-27-14-21(33)8-9-26(27)29(28)39/h5-9,14-15,17,22-23,34,38H,10-13,16,18-20H2,1-4H3,(H,35,39)/t22-,23+/m1/s1. The Hall–Kier alpha value is -3.61. The van der Waals surface area contributed by atoms with E-state index in [2.05, 4.69) is 9.71 Å². The van der Waals surface area contributed by atoms with E-state index in [4.69, 9.17) is 14.2 Å². The van der Waals surface area contributed by atoms with Crippen molar-refractivity contribution in [3.63, 3.8) is 0 Å². The van der Waals surface area contributed by atoms with E-state index < -0.39 is 61.1 Å². The zero-order valence-corrected chi connectivity index (χ0v) is 29.3. The van der Waals surface area contributed by atoms with Crippen molar-refractivity contribution >= 4 is 37.0 Å². The lowest BCUT2D eigenvalue weighted by Crippen LogP contribution is -2.50. The van der Waals surface area contributed by atoms with Crippen LogP contribution in [-0.2, 0) is 29.5 Å². The molecule has 3 heterocycles. The van der Waals surface area contributed by atoms with E-state index in [1.54, 1.807) is 26.8 Å². The van der Waals surface area contributed by atoms with Gasteiger partial charge in [0.2, 0.25) is 20.0 Å². The summed E-state index contributed by atoms with van der Waals surface area (Å²) in [6.07, 6.45) is 0.128. The third kappa shape index (κ3) is 8.24. The van der Waals surface area contributed by atoms with E-state index in [1.165, 1.54) is 40.5 Å². The number of halogens is 1. The number of ether oxygens (including phenoxy) is 3. The third-order valence-electron chi connectivity index (χ3n) is 8.51. The van der Waals surface area contributed by atoms with Gasteiger partial charge in [0, 0.05) is 30.6 Å². The molecule has 3 N–H and O–H groups in total. The molecule has 1 aromatic heterocycles. The summed E-state index contributed by atoms with van der Waals surface area (Å²) < 4.78 is 86.1. The Morgan fingerprint density at radius 1 is 1.18 bits per heavy atom. The number of sulfonamides is 2. The number of fused-ring (bicyclic) bond motifs is 1. The summed E-state index contributed by atoms with van der Waals surface area (Å²) in [6, 6.07) is 8.78. The number of amides is 1. The number of hydrogen-bond acceptors (Lipinski definition) is 11. The van der Waals surface area contributed by atoms with Gasteiger partial charge in [-0.25, -0.2) is 30.7 Å². The summed E-state index contributed by atoms with van der Waals surface area (Å²) in [7, 11) is -6.57. The van der Waals surface area contributed by atoms with Crippen molar-refractivity contribution in [2.24, 2.45) is 0 Å². The molecule has 0 unspecified atom stereocenters. The van der Waals surface area contributed by atoms with Crippen LogP contribution in [0.1, 0.15) is 40.0 Å². The van der Waals surface area contributed by atoms with E-state index in [-0.39, 0.29) is 59.3 Å². The molecule has 1 spiro atoms. The Bertz CT molecular complexity index is 1910. The van der Waals surface area contributed by atoms with Crippen LogP contribution in [0.4, 0.5) is 9.18 Å². The molecular weight excluding hydrogens is 684 g/mol. The Kier molecular flexibility index (Phi) is 10.4. The zero-order chi connectivity index (χ0) is 35.8. The van der Waals surface area contributed by atoms with Gasteiger partial charge in [0.05, 0.1) is 41.4 Å². The quantitative estimate of drug-likeness (QED) is 0.279. The minimum absolute atomic E-state index is 0.00737. The number of hydrogen-bond donors (Lipinski definition) is 3. The van der Waals surface area contributed by atoms with Crippen LogP contribution < -0.4 is 9.46 Å². The van der Waals surface area contributed by atoms with Gasteiger partial charge >= 0.3 is 6.09 Å². The number of benzene rings is 2. The Morgan fingerprint density at radius 3 is 2.57 bits per heavy atom. The van der Waals surface area contributed by atoms with Gasteiger partial charge in [0.15, 0.2) is 0 Å². The number of rotatable bonds is 10. The molecule has 3 aromatic rings. The predicted octanol–water partition coefficient (Wildman–Crippen LogP) is 2.98. The molecule has 2 aliphatic heterocycles. The van der Waals surface area contributed by atoms with Crippen molar-refractivity contribution in [1.82, 2.24) is 18.9 Å². The van der Waals surface area contributed by atoms with Gasteiger partial charge in [0.25, 0.3) is 0 Å². The summed E-state index contributed by atoms with van der Waals surface area (Å²) in [4.78, 5) is 18.4. The lowest BCUT2D eigenvalue weighted by Gasteiger charge is -2.38. The van der Waals surface area contributed by atoms with Gasteiger partial charge in [-0.05, 0) is 71.3 Å². The number of carbonyl (C=O) groups is 1. The van der Waals surface area contributed by atoms with Crippen LogP contribution in [-0.4, -0.2) is 111 Å². The zero-order valence-electron chi connectivity index (χ0n) is 27.6. The van der Waals surface area contributed by atoms with Gasteiger partial charge in [0.1, 0.15) is 40.5 Å². The highest BCUT2D eigenvalue weighted by Crippen LogP contribution is 2.40. The highest BCUT2D eigenvalue weighted by atomic mass is 32.2. The molecule has 49 heavy (non-hydrogen) atoms. The molecular formula is C32H41FN4O10S2. The van der Waals surface area contributed by atoms with E-state index in [0.29, 0.717) is 19.3 Å². The van der Waals surface area contributed by atoms with Crippen molar-refractivity contribution in [1.29, 1.82) is 0 Å². The van der Waals surface area contributed by atoms with E-state index >= 15 is 0 Å². The second-order valence-corrected chi connectivity index (χ2v) is 17.0. The summed E-state index contributed by atoms with van der Waals surface area (Å²) in [6.45, 7) is 5.00. The third-order valence-corrected chi connectivity index (χ3v) is 11.8. The number of pyridine rings is 1. The molecule has 2 atom stereocenters. The molecule has 2 fully saturated rings. The fourth-order valence-corrected chi connectivity index (χ4v) is 8.23. The first-order valence-electron chi connectivity index (χ1n) is 15.7. The molecule has 0 bridgehead atoms. The Balaban J connectivity index is 1.25. The monoisotopic (exact) mass is 724 g/mol. The Morgan fingerprint density at radius 2 is 1.90 bits per heavy atom. The topological polar surface area (TPSA) is 185 Å². The molecule has 17 heteroatoms. The average Bonchev–Trinajstić information content (AvgIpc) is 3.44. The smallest absolute Gasteiger partial charge is 0.410 e. The van der Waals surface area contributed by atoms with Crippen molar-refractivity contribution in [3.05, 3.63) is 54.5 Å². The number of aliphatic hydroxyl groups excluding tert-OH is 1. The number of aromatic hydroxyl groups is 1. The van der Waals surface area contributed by atoms with Gasteiger partial charge in [-0.3, -0.25) is 4.98 Å². The minimum atomic E-state index is -4.16. The summed E-state index contributed by atoms with van der Waals surface area (Å²) in [5, 5.41) is 21.8.